The Kier molecular flexibility index (Phi) is 4.58. The summed E-state index contributed by atoms with van der Waals surface area (Å²) in [4.78, 5) is 4.73. The molecule has 0 atom stereocenters. The standard InChI is InChI=1S/C24H19NO2/c1-27-24(21-15-18-11-5-6-12-19(18)16-23(21)26)25-22-14-8-7-13-20(22)17-9-3-2-4-10-17/h2-16,26H,1H3. The molecule has 0 saturated heterocycles. The second-order valence-corrected chi connectivity index (χ2v) is 6.22. The Morgan fingerprint density at radius 3 is 2.15 bits per heavy atom. The average Bonchev–Trinajstić information content (AvgIpc) is 2.72. The molecular weight excluding hydrogens is 334 g/mol. The Morgan fingerprint density at radius 2 is 1.41 bits per heavy atom. The number of aromatic hydroxyl groups is 1. The van der Waals surface area contributed by atoms with Crippen LogP contribution < -0.4 is 0 Å². The molecule has 1 N–H and O–H groups in total. The fraction of sp³-hybridized carbons (Fsp3) is 0.0417. The number of benzene rings is 4. The molecule has 4 aromatic rings. The van der Waals surface area contributed by atoms with Crippen LogP contribution in [0, 0.1) is 0 Å². The number of ether oxygens (including phenoxy) is 1. The van der Waals surface area contributed by atoms with Gasteiger partial charge in [0.25, 0.3) is 0 Å². The minimum atomic E-state index is 0.145. The maximum Gasteiger partial charge on any atom is 0.224 e. The van der Waals surface area contributed by atoms with Crippen LogP contribution in [0.15, 0.2) is 96.0 Å². The summed E-state index contributed by atoms with van der Waals surface area (Å²) in [6.07, 6.45) is 0. The van der Waals surface area contributed by atoms with E-state index in [0.29, 0.717) is 11.5 Å². The smallest absolute Gasteiger partial charge is 0.224 e. The van der Waals surface area contributed by atoms with Gasteiger partial charge in [-0.25, -0.2) is 4.99 Å². The SMILES string of the molecule is COC(=Nc1ccccc1-c1ccccc1)c1cc2ccccc2cc1O. The number of para-hydroxylation sites is 1. The molecule has 0 fully saturated rings. The third kappa shape index (κ3) is 3.40. The van der Waals surface area contributed by atoms with Crippen molar-refractivity contribution < 1.29 is 9.84 Å². The van der Waals surface area contributed by atoms with E-state index in [0.717, 1.165) is 27.6 Å². The molecule has 0 aromatic heterocycles. The molecule has 0 unspecified atom stereocenters. The Labute approximate surface area is 158 Å². The van der Waals surface area contributed by atoms with Crippen molar-refractivity contribution in [3.63, 3.8) is 0 Å². The topological polar surface area (TPSA) is 41.8 Å². The highest BCUT2D eigenvalue weighted by atomic mass is 16.5. The molecule has 0 aliphatic carbocycles. The van der Waals surface area contributed by atoms with Gasteiger partial charge in [-0.05, 0) is 34.5 Å². The first-order valence-electron chi connectivity index (χ1n) is 8.75. The Bertz CT molecular complexity index is 1120. The van der Waals surface area contributed by atoms with Gasteiger partial charge >= 0.3 is 0 Å². The molecule has 0 aliphatic rings. The van der Waals surface area contributed by atoms with Crippen molar-refractivity contribution in [1.82, 2.24) is 0 Å². The van der Waals surface area contributed by atoms with E-state index in [4.69, 9.17) is 9.73 Å². The summed E-state index contributed by atoms with van der Waals surface area (Å²) in [6, 6.07) is 29.5. The maximum atomic E-state index is 10.5. The third-order valence-electron chi connectivity index (χ3n) is 4.50. The summed E-state index contributed by atoms with van der Waals surface area (Å²) in [7, 11) is 1.57. The van der Waals surface area contributed by atoms with Gasteiger partial charge in [0.1, 0.15) is 5.75 Å². The minimum Gasteiger partial charge on any atom is -0.507 e. The van der Waals surface area contributed by atoms with Crippen molar-refractivity contribution in [2.45, 2.75) is 0 Å². The summed E-state index contributed by atoms with van der Waals surface area (Å²) in [5.74, 6) is 0.521. The van der Waals surface area contributed by atoms with Crippen LogP contribution in [0.1, 0.15) is 5.56 Å². The molecule has 3 nitrogen and oxygen atoms in total. The van der Waals surface area contributed by atoms with E-state index in [9.17, 15) is 5.11 Å². The number of nitrogens with zero attached hydrogens (tertiary/aromatic N) is 1. The number of methoxy groups -OCH3 is 1. The Hall–Kier alpha value is -3.59. The zero-order valence-electron chi connectivity index (χ0n) is 15.0. The molecule has 0 saturated carbocycles. The summed E-state index contributed by atoms with van der Waals surface area (Å²) in [5, 5.41) is 12.5. The molecule has 0 heterocycles. The van der Waals surface area contributed by atoms with E-state index in [2.05, 4.69) is 0 Å². The van der Waals surface area contributed by atoms with Gasteiger partial charge in [-0.1, -0.05) is 72.8 Å². The quantitative estimate of drug-likeness (QED) is 0.366. The third-order valence-corrected chi connectivity index (χ3v) is 4.50. The monoisotopic (exact) mass is 353 g/mol. The fourth-order valence-electron chi connectivity index (χ4n) is 3.16. The molecule has 0 spiro atoms. The van der Waals surface area contributed by atoms with Crippen molar-refractivity contribution in [3.05, 3.63) is 96.6 Å². The second kappa shape index (κ2) is 7.34. The molecule has 3 heteroatoms. The van der Waals surface area contributed by atoms with Gasteiger partial charge < -0.3 is 9.84 Å². The molecule has 132 valence electrons. The average molecular weight is 353 g/mol. The van der Waals surface area contributed by atoms with E-state index >= 15 is 0 Å². The minimum absolute atomic E-state index is 0.145. The van der Waals surface area contributed by atoms with Crippen LogP contribution >= 0.6 is 0 Å². The van der Waals surface area contributed by atoms with E-state index in [1.165, 1.54) is 0 Å². The van der Waals surface area contributed by atoms with E-state index in [-0.39, 0.29) is 5.75 Å². The summed E-state index contributed by atoms with van der Waals surface area (Å²) in [5.41, 5.74) is 3.44. The van der Waals surface area contributed by atoms with Gasteiger partial charge in [0.15, 0.2) is 0 Å². The number of aliphatic imine (C=N–C) groups is 1. The van der Waals surface area contributed by atoms with Crippen molar-refractivity contribution >= 4 is 22.4 Å². The maximum absolute atomic E-state index is 10.5. The van der Waals surface area contributed by atoms with Crippen LogP contribution in [-0.2, 0) is 4.74 Å². The Balaban J connectivity index is 1.85. The van der Waals surface area contributed by atoms with Crippen LogP contribution in [0.5, 0.6) is 5.75 Å². The van der Waals surface area contributed by atoms with E-state index < -0.39 is 0 Å². The van der Waals surface area contributed by atoms with Crippen molar-refractivity contribution in [2.75, 3.05) is 7.11 Å². The lowest BCUT2D eigenvalue weighted by Crippen LogP contribution is -2.04. The van der Waals surface area contributed by atoms with E-state index in [1.807, 2.05) is 84.9 Å². The second-order valence-electron chi connectivity index (χ2n) is 6.22. The Morgan fingerprint density at radius 1 is 0.778 bits per heavy atom. The molecular formula is C24H19NO2. The number of fused-ring (bicyclic) bond motifs is 1. The van der Waals surface area contributed by atoms with Gasteiger partial charge in [-0.2, -0.15) is 0 Å². The molecule has 4 aromatic carbocycles. The zero-order valence-corrected chi connectivity index (χ0v) is 15.0. The van der Waals surface area contributed by atoms with Crippen LogP contribution in [0.3, 0.4) is 0 Å². The molecule has 27 heavy (non-hydrogen) atoms. The van der Waals surface area contributed by atoms with Crippen molar-refractivity contribution in [3.8, 4) is 16.9 Å². The van der Waals surface area contributed by atoms with Gasteiger partial charge in [-0.3, -0.25) is 0 Å². The van der Waals surface area contributed by atoms with Crippen LogP contribution in [0.4, 0.5) is 5.69 Å². The van der Waals surface area contributed by atoms with Crippen molar-refractivity contribution in [2.24, 2.45) is 4.99 Å². The predicted molar refractivity (Wildman–Crippen MR) is 111 cm³/mol. The van der Waals surface area contributed by atoms with E-state index in [1.54, 1.807) is 13.2 Å². The number of phenolic OH excluding ortho intramolecular Hbond substituents is 1. The van der Waals surface area contributed by atoms with Crippen LogP contribution in [0.25, 0.3) is 21.9 Å². The first-order chi connectivity index (χ1) is 13.3. The molecule has 0 radical (unpaired) electrons. The lowest BCUT2D eigenvalue weighted by Gasteiger charge is -2.11. The van der Waals surface area contributed by atoms with Gasteiger partial charge in [0.2, 0.25) is 5.90 Å². The van der Waals surface area contributed by atoms with Gasteiger partial charge in [-0.15, -0.1) is 0 Å². The summed E-state index contributed by atoms with van der Waals surface area (Å²) >= 11 is 0. The predicted octanol–water partition coefficient (Wildman–Crippen LogP) is 5.94. The lowest BCUT2D eigenvalue weighted by atomic mass is 10.0. The van der Waals surface area contributed by atoms with Gasteiger partial charge in [0.05, 0.1) is 18.4 Å². The normalized spacial score (nSPS) is 11.5. The highest BCUT2D eigenvalue weighted by molar-refractivity contribution is 6.03. The molecule has 0 bridgehead atoms. The fourth-order valence-corrected chi connectivity index (χ4v) is 3.16. The van der Waals surface area contributed by atoms with Crippen LogP contribution in [-0.4, -0.2) is 18.1 Å². The summed E-state index contributed by atoms with van der Waals surface area (Å²) in [6.45, 7) is 0. The molecule has 0 amide bonds. The number of phenols is 1. The van der Waals surface area contributed by atoms with Gasteiger partial charge in [0, 0.05) is 5.56 Å². The molecule has 0 aliphatic heterocycles. The molecule has 4 rings (SSSR count). The number of hydrogen-bond acceptors (Lipinski definition) is 3. The van der Waals surface area contributed by atoms with Crippen LogP contribution in [0.2, 0.25) is 0 Å². The van der Waals surface area contributed by atoms with Crippen molar-refractivity contribution in [1.29, 1.82) is 0 Å². The first-order valence-corrected chi connectivity index (χ1v) is 8.75. The lowest BCUT2D eigenvalue weighted by molar-refractivity contribution is 0.400. The number of hydrogen-bond donors (Lipinski definition) is 1. The first kappa shape index (κ1) is 16.9. The largest absolute Gasteiger partial charge is 0.507 e. The number of rotatable bonds is 3. The highest BCUT2D eigenvalue weighted by Crippen LogP contribution is 2.32. The summed E-state index contributed by atoms with van der Waals surface area (Å²) < 4.78 is 5.55. The highest BCUT2D eigenvalue weighted by Gasteiger charge is 2.13. The zero-order chi connectivity index (χ0) is 18.6.